The summed E-state index contributed by atoms with van der Waals surface area (Å²) in [5.74, 6) is -0.428. The van der Waals surface area contributed by atoms with Crippen molar-refractivity contribution >= 4 is 5.91 Å². The van der Waals surface area contributed by atoms with Gasteiger partial charge in [-0.2, -0.15) is 13.2 Å². The minimum Gasteiger partial charge on any atom is -0.334 e. The van der Waals surface area contributed by atoms with Gasteiger partial charge in [0.1, 0.15) is 0 Å². The molecule has 0 aliphatic rings. The Bertz CT molecular complexity index is 346. The molecule has 0 aromatic carbocycles. The van der Waals surface area contributed by atoms with Crippen LogP contribution in [0.3, 0.4) is 0 Å². The highest BCUT2D eigenvalue weighted by atomic mass is 19.4. The van der Waals surface area contributed by atoms with Gasteiger partial charge in [0.05, 0.1) is 5.57 Å². The van der Waals surface area contributed by atoms with Crippen molar-refractivity contribution in [2.45, 2.75) is 52.9 Å². The average molecular weight is 263 g/mol. The van der Waals surface area contributed by atoms with Crippen LogP contribution in [0.1, 0.15) is 34.6 Å². The predicted octanol–water partition coefficient (Wildman–Crippen LogP) is 3.70. The Hall–Kier alpha value is -1.26. The van der Waals surface area contributed by atoms with Gasteiger partial charge in [-0.25, -0.2) is 0 Å². The SMILES string of the molecule is C=C(/C(C)=C/C(=O)N(C(C)C)C(C)C)C(F)(F)F. The smallest absolute Gasteiger partial charge is 0.334 e. The highest BCUT2D eigenvalue weighted by molar-refractivity contribution is 5.89. The Kier molecular flexibility index (Phi) is 5.64. The Morgan fingerprint density at radius 2 is 1.56 bits per heavy atom. The van der Waals surface area contributed by atoms with E-state index in [-0.39, 0.29) is 17.7 Å². The molecule has 0 radical (unpaired) electrons. The number of amides is 1. The Morgan fingerprint density at radius 3 is 1.83 bits per heavy atom. The molecule has 0 aromatic heterocycles. The molecule has 0 saturated carbocycles. The number of alkyl halides is 3. The molecule has 0 saturated heterocycles. The molecule has 0 N–H and O–H groups in total. The van der Waals surface area contributed by atoms with E-state index in [1.54, 1.807) is 0 Å². The van der Waals surface area contributed by atoms with Crippen molar-refractivity contribution in [2.75, 3.05) is 0 Å². The molecular formula is C13H20F3NO. The zero-order valence-electron chi connectivity index (χ0n) is 11.4. The van der Waals surface area contributed by atoms with Gasteiger partial charge in [-0.3, -0.25) is 4.79 Å². The molecule has 0 aromatic rings. The first kappa shape index (κ1) is 16.7. The van der Waals surface area contributed by atoms with Crippen LogP contribution in [0, 0.1) is 0 Å². The lowest BCUT2D eigenvalue weighted by Gasteiger charge is -2.30. The van der Waals surface area contributed by atoms with E-state index in [2.05, 4.69) is 6.58 Å². The van der Waals surface area contributed by atoms with Crippen LogP contribution in [0.2, 0.25) is 0 Å². The van der Waals surface area contributed by atoms with Gasteiger partial charge < -0.3 is 4.90 Å². The monoisotopic (exact) mass is 263 g/mol. The summed E-state index contributed by atoms with van der Waals surface area (Å²) in [5, 5.41) is 0. The first-order chi connectivity index (χ1) is 7.98. The fraction of sp³-hybridized carbons (Fsp3) is 0.615. The maximum Gasteiger partial charge on any atom is 0.416 e. The van der Waals surface area contributed by atoms with Crippen LogP contribution in [0.25, 0.3) is 0 Å². The van der Waals surface area contributed by atoms with Crippen LogP contribution < -0.4 is 0 Å². The quantitative estimate of drug-likeness (QED) is 0.559. The second-order valence-electron chi connectivity index (χ2n) is 4.74. The van der Waals surface area contributed by atoms with Gasteiger partial charge in [-0.1, -0.05) is 6.58 Å². The highest BCUT2D eigenvalue weighted by Crippen LogP contribution is 2.29. The summed E-state index contributed by atoms with van der Waals surface area (Å²) < 4.78 is 37.2. The fourth-order valence-corrected chi connectivity index (χ4v) is 1.68. The number of nitrogens with zero attached hydrogens (tertiary/aromatic N) is 1. The average Bonchev–Trinajstić information content (AvgIpc) is 2.13. The van der Waals surface area contributed by atoms with Crippen molar-refractivity contribution in [1.82, 2.24) is 4.90 Å². The van der Waals surface area contributed by atoms with E-state index < -0.39 is 17.7 Å². The maximum absolute atomic E-state index is 12.4. The molecule has 2 nitrogen and oxygen atoms in total. The molecule has 1 amide bonds. The number of hydrogen-bond donors (Lipinski definition) is 0. The third-order valence-electron chi connectivity index (χ3n) is 2.53. The van der Waals surface area contributed by atoms with Crippen LogP contribution in [0.4, 0.5) is 13.2 Å². The van der Waals surface area contributed by atoms with E-state index in [1.165, 1.54) is 11.8 Å². The number of carbonyl (C=O) groups is 1. The minimum atomic E-state index is -4.50. The molecule has 0 bridgehead atoms. The molecule has 0 rings (SSSR count). The summed E-state index contributed by atoms with van der Waals surface area (Å²) in [5.41, 5.74) is -1.14. The van der Waals surface area contributed by atoms with Crippen molar-refractivity contribution < 1.29 is 18.0 Å². The molecule has 0 heterocycles. The molecular weight excluding hydrogens is 243 g/mol. The van der Waals surface area contributed by atoms with E-state index >= 15 is 0 Å². The zero-order chi connectivity index (χ0) is 14.7. The Morgan fingerprint density at radius 1 is 1.17 bits per heavy atom. The van der Waals surface area contributed by atoms with Crippen LogP contribution in [0.15, 0.2) is 23.8 Å². The van der Waals surface area contributed by atoms with E-state index in [1.807, 2.05) is 27.7 Å². The number of rotatable bonds is 4. The molecule has 104 valence electrons. The second kappa shape index (κ2) is 6.07. The Labute approximate surface area is 106 Å². The molecule has 0 unspecified atom stereocenters. The molecule has 5 heteroatoms. The van der Waals surface area contributed by atoms with Gasteiger partial charge in [0, 0.05) is 18.2 Å². The topological polar surface area (TPSA) is 20.3 Å². The van der Waals surface area contributed by atoms with Crippen molar-refractivity contribution in [3.63, 3.8) is 0 Å². The van der Waals surface area contributed by atoms with Gasteiger partial charge in [-0.15, -0.1) is 0 Å². The first-order valence-electron chi connectivity index (χ1n) is 5.75. The van der Waals surface area contributed by atoms with Crippen molar-refractivity contribution in [3.8, 4) is 0 Å². The van der Waals surface area contributed by atoms with Crippen LogP contribution in [-0.4, -0.2) is 29.1 Å². The van der Waals surface area contributed by atoms with Crippen molar-refractivity contribution in [1.29, 1.82) is 0 Å². The van der Waals surface area contributed by atoms with Crippen LogP contribution in [0.5, 0.6) is 0 Å². The number of carbonyl (C=O) groups excluding carboxylic acids is 1. The van der Waals surface area contributed by atoms with Crippen LogP contribution >= 0.6 is 0 Å². The fourth-order valence-electron chi connectivity index (χ4n) is 1.68. The summed E-state index contributed by atoms with van der Waals surface area (Å²) in [6, 6.07) is -0.138. The number of halogens is 3. The third-order valence-corrected chi connectivity index (χ3v) is 2.53. The standard InChI is InChI=1S/C13H20F3NO/c1-8(2)17(9(3)4)12(18)7-10(5)11(6)13(14,15)16/h7-9H,6H2,1-5H3/b10-7+. The van der Waals surface area contributed by atoms with Crippen molar-refractivity contribution in [3.05, 3.63) is 23.8 Å². The lowest BCUT2D eigenvalue weighted by Crippen LogP contribution is -2.41. The van der Waals surface area contributed by atoms with Gasteiger partial charge in [0.25, 0.3) is 0 Å². The molecule has 0 aliphatic heterocycles. The zero-order valence-corrected chi connectivity index (χ0v) is 11.4. The molecule has 0 fully saturated rings. The van der Waals surface area contributed by atoms with Gasteiger partial charge >= 0.3 is 6.18 Å². The van der Waals surface area contributed by atoms with Crippen LogP contribution in [-0.2, 0) is 4.79 Å². The van der Waals surface area contributed by atoms with E-state index in [4.69, 9.17) is 0 Å². The largest absolute Gasteiger partial charge is 0.416 e. The minimum absolute atomic E-state index is 0.0688. The third kappa shape index (κ3) is 4.55. The summed E-state index contributed by atoms with van der Waals surface area (Å²) >= 11 is 0. The summed E-state index contributed by atoms with van der Waals surface area (Å²) in [6.45, 7) is 11.5. The molecule has 0 aliphatic carbocycles. The predicted molar refractivity (Wildman–Crippen MR) is 66.1 cm³/mol. The van der Waals surface area contributed by atoms with E-state index in [0.29, 0.717) is 0 Å². The second-order valence-corrected chi connectivity index (χ2v) is 4.74. The summed E-state index contributed by atoms with van der Waals surface area (Å²) in [4.78, 5) is 13.4. The molecule has 0 spiro atoms. The maximum atomic E-state index is 12.4. The van der Waals surface area contributed by atoms with E-state index in [0.717, 1.165) is 6.08 Å². The molecule has 18 heavy (non-hydrogen) atoms. The van der Waals surface area contributed by atoms with Gasteiger partial charge in [0.15, 0.2) is 0 Å². The Balaban J connectivity index is 5.08. The highest BCUT2D eigenvalue weighted by Gasteiger charge is 2.33. The lowest BCUT2D eigenvalue weighted by atomic mass is 10.1. The lowest BCUT2D eigenvalue weighted by molar-refractivity contribution is -0.129. The van der Waals surface area contributed by atoms with E-state index in [9.17, 15) is 18.0 Å². The summed E-state index contributed by atoms with van der Waals surface area (Å²) in [7, 11) is 0. The number of allylic oxidation sites excluding steroid dienone is 2. The summed E-state index contributed by atoms with van der Waals surface area (Å²) in [6.07, 6.45) is -3.50. The van der Waals surface area contributed by atoms with Gasteiger partial charge in [0.2, 0.25) is 5.91 Å². The number of hydrogen-bond acceptors (Lipinski definition) is 1. The van der Waals surface area contributed by atoms with Gasteiger partial charge in [-0.05, 0) is 40.2 Å². The van der Waals surface area contributed by atoms with Crippen molar-refractivity contribution in [2.24, 2.45) is 0 Å². The first-order valence-corrected chi connectivity index (χ1v) is 5.75. The molecule has 0 atom stereocenters. The normalized spacial score (nSPS) is 13.1.